The van der Waals surface area contributed by atoms with Crippen LogP contribution in [-0.2, 0) is 14.3 Å². The molecule has 0 saturated heterocycles. The Balaban J connectivity index is 1.35. The van der Waals surface area contributed by atoms with E-state index in [0.717, 1.165) is 30.4 Å². The first-order chi connectivity index (χ1) is 16.2. The normalized spacial score (nSPS) is 19.3. The molecule has 2 N–H and O–H groups in total. The molecule has 0 bridgehead atoms. The summed E-state index contributed by atoms with van der Waals surface area (Å²) in [6, 6.07) is 16.2. The third kappa shape index (κ3) is 4.52. The van der Waals surface area contributed by atoms with E-state index < -0.39 is 17.6 Å². The van der Waals surface area contributed by atoms with E-state index in [0.29, 0.717) is 0 Å². The molecule has 7 nitrogen and oxygen atoms in total. The van der Waals surface area contributed by atoms with Gasteiger partial charge in [0.2, 0.25) is 5.91 Å². The first-order valence-electron chi connectivity index (χ1n) is 11.8. The zero-order chi connectivity index (χ0) is 24.5. The third-order valence-corrected chi connectivity index (χ3v) is 7.48. The second-order valence-electron chi connectivity index (χ2n) is 9.79. The molecule has 2 aromatic rings. The van der Waals surface area contributed by atoms with E-state index in [1.165, 1.54) is 36.9 Å². The Morgan fingerprint density at radius 1 is 1.03 bits per heavy atom. The van der Waals surface area contributed by atoms with E-state index in [1.807, 2.05) is 24.3 Å². The molecule has 4 rings (SSSR count). The molecule has 2 amide bonds. The number of likely N-dealkylation sites (N-methyl/N-ethyl adjacent to an activating group) is 1. The number of carbonyl (C=O) groups is 3. The highest BCUT2D eigenvalue weighted by Crippen LogP contribution is 2.44. The van der Waals surface area contributed by atoms with Gasteiger partial charge in [-0.25, -0.2) is 9.59 Å². The zero-order valence-electron chi connectivity index (χ0n) is 19.9. The lowest BCUT2D eigenvalue weighted by Gasteiger charge is -2.33. The van der Waals surface area contributed by atoms with Gasteiger partial charge in [0.15, 0.2) is 0 Å². The maximum absolute atomic E-state index is 12.7. The lowest BCUT2D eigenvalue weighted by atomic mass is 9.96. The number of amides is 2. The van der Waals surface area contributed by atoms with Gasteiger partial charge in [-0.05, 0) is 54.9 Å². The molecule has 180 valence electrons. The quantitative estimate of drug-likeness (QED) is 0.633. The number of carboxylic acid groups (broad SMARTS) is 1. The second kappa shape index (κ2) is 9.49. The number of nitrogens with zero attached hydrogens (tertiary/aromatic N) is 1. The van der Waals surface area contributed by atoms with Crippen molar-refractivity contribution in [2.24, 2.45) is 5.92 Å². The van der Waals surface area contributed by atoms with Crippen molar-refractivity contribution in [1.29, 1.82) is 0 Å². The lowest BCUT2D eigenvalue weighted by Crippen LogP contribution is -2.51. The maximum atomic E-state index is 12.7. The molecule has 2 aliphatic rings. The molecule has 1 saturated carbocycles. The number of benzene rings is 2. The van der Waals surface area contributed by atoms with E-state index in [4.69, 9.17) is 4.74 Å². The lowest BCUT2D eigenvalue weighted by molar-refractivity contribution is -0.155. The molecular formula is C27H32N2O5. The summed E-state index contributed by atoms with van der Waals surface area (Å²) in [5.74, 6) is -1.34. The van der Waals surface area contributed by atoms with Crippen LogP contribution in [0.3, 0.4) is 0 Å². The molecule has 0 unspecified atom stereocenters. The molecule has 0 heterocycles. The summed E-state index contributed by atoms with van der Waals surface area (Å²) in [5.41, 5.74) is 3.38. The topological polar surface area (TPSA) is 95.9 Å². The van der Waals surface area contributed by atoms with Gasteiger partial charge in [0.1, 0.15) is 12.1 Å². The minimum absolute atomic E-state index is 0.00833. The predicted octanol–water partition coefficient (Wildman–Crippen LogP) is 4.41. The molecule has 1 fully saturated rings. The van der Waals surface area contributed by atoms with Crippen LogP contribution in [-0.4, -0.2) is 53.2 Å². The van der Waals surface area contributed by atoms with Crippen molar-refractivity contribution in [3.8, 4) is 11.1 Å². The minimum Gasteiger partial charge on any atom is -0.480 e. The number of ether oxygens (including phenoxy) is 1. The monoisotopic (exact) mass is 464 g/mol. The first kappa shape index (κ1) is 23.8. The molecule has 2 atom stereocenters. The summed E-state index contributed by atoms with van der Waals surface area (Å²) in [5, 5.41) is 12.4. The number of hydrogen-bond donors (Lipinski definition) is 2. The number of fused-ring (bicyclic) bond motifs is 3. The van der Waals surface area contributed by atoms with Gasteiger partial charge in [-0.2, -0.15) is 0 Å². The Kier molecular flexibility index (Phi) is 6.64. The van der Waals surface area contributed by atoms with E-state index in [2.05, 4.69) is 29.6 Å². The van der Waals surface area contributed by atoms with Gasteiger partial charge in [-0.15, -0.1) is 0 Å². The van der Waals surface area contributed by atoms with Crippen LogP contribution in [0.4, 0.5) is 4.79 Å². The number of nitrogens with one attached hydrogen (secondary N) is 1. The van der Waals surface area contributed by atoms with Crippen LogP contribution in [0.5, 0.6) is 0 Å². The Bertz CT molecular complexity index is 1050. The summed E-state index contributed by atoms with van der Waals surface area (Å²) in [6.45, 7) is 3.26. The number of hydrogen-bond acceptors (Lipinski definition) is 4. The number of carbonyl (C=O) groups excluding carboxylic acids is 2. The van der Waals surface area contributed by atoms with Crippen LogP contribution in [0.1, 0.15) is 56.6 Å². The second-order valence-corrected chi connectivity index (χ2v) is 9.79. The summed E-state index contributed by atoms with van der Waals surface area (Å²) < 4.78 is 5.66. The van der Waals surface area contributed by atoms with E-state index in [1.54, 1.807) is 0 Å². The van der Waals surface area contributed by atoms with Gasteiger partial charge >= 0.3 is 12.1 Å². The van der Waals surface area contributed by atoms with Crippen LogP contribution >= 0.6 is 0 Å². The molecule has 2 aromatic carbocycles. The fraction of sp³-hybridized carbons (Fsp3) is 0.444. The molecule has 7 heteroatoms. The van der Waals surface area contributed by atoms with Crippen molar-refractivity contribution < 1.29 is 24.2 Å². The van der Waals surface area contributed by atoms with Crippen LogP contribution in [0.25, 0.3) is 11.1 Å². The van der Waals surface area contributed by atoms with Crippen LogP contribution in [0.2, 0.25) is 0 Å². The largest absolute Gasteiger partial charge is 0.480 e. The predicted molar refractivity (Wildman–Crippen MR) is 128 cm³/mol. The van der Waals surface area contributed by atoms with Crippen molar-refractivity contribution in [2.75, 3.05) is 13.7 Å². The molecule has 0 spiro atoms. The molecule has 0 aromatic heterocycles. The number of carboxylic acids is 1. The Hall–Kier alpha value is -3.35. The maximum Gasteiger partial charge on any atom is 0.407 e. The van der Waals surface area contributed by atoms with Crippen molar-refractivity contribution in [3.63, 3.8) is 0 Å². The van der Waals surface area contributed by atoms with Gasteiger partial charge in [0, 0.05) is 25.4 Å². The van der Waals surface area contributed by atoms with E-state index >= 15 is 0 Å². The Morgan fingerprint density at radius 3 is 2.21 bits per heavy atom. The van der Waals surface area contributed by atoms with Crippen molar-refractivity contribution in [1.82, 2.24) is 10.2 Å². The van der Waals surface area contributed by atoms with Gasteiger partial charge in [0.05, 0.1) is 0 Å². The molecule has 0 radical (unpaired) electrons. The molecule has 2 aliphatic carbocycles. The first-order valence-corrected chi connectivity index (χ1v) is 11.8. The van der Waals surface area contributed by atoms with E-state index in [-0.39, 0.29) is 36.8 Å². The third-order valence-electron chi connectivity index (χ3n) is 7.48. The Morgan fingerprint density at radius 2 is 1.62 bits per heavy atom. The standard InChI is InChI=1S/C27H32N2O5/c1-27(2,25(31)32)29(3)24(30)15-17-9-8-14-23(17)28-26(33)34-16-22-20-12-6-4-10-18(20)19-11-5-7-13-21(19)22/h4-7,10-13,17,22-23H,8-9,14-16H2,1-3H3,(H,28,33)(H,31,32)/t17-,23+/m0/s1. The zero-order valence-corrected chi connectivity index (χ0v) is 19.9. The fourth-order valence-corrected chi connectivity index (χ4v) is 5.08. The summed E-state index contributed by atoms with van der Waals surface area (Å²) in [4.78, 5) is 38.2. The number of alkyl carbamates (subject to hydrolysis) is 1. The minimum atomic E-state index is -1.29. The number of aliphatic carboxylic acids is 1. The van der Waals surface area contributed by atoms with Crippen LogP contribution < -0.4 is 5.32 Å². The summed E-state index contributed by atoms with van der Waals surface area (Å²) in [7, 11) is 1.51. The average Bonchev–Trinajstić information content (AvgIpc) is 3.38. The summed E-state index contributed by atoms with van der Waals surface area (Å²) >= 11 is 0. The van der Waals surface area contributed by atoms with Gasteiger partial charge in [-0.1, -0.05) is 55.0 Å². The van der Waals surface area contributed by atoms with Gasteiger partial charge < -0.3 is 20.1 Å². The molecule has 34 heavy (non-hydrogen) atoms. The van der Waals surface area contributed by atoms with Gasteiger partial charge in [0.25, 0.3) is 0 Å². The highest BCUT2D eigenvalue weighted by atomic mass is 16.5. The van der Waals surface area contributed by atoms with E-state index in [9.17, 15) is 19.5 Å². The Labute approximate surface area is 200 Å². The highest BCUT2D eigenvalue weighted by molar-refractivity contribution is 5.86. The van der Waals surface area contributed by atoms with Crippen molar-refractivity contribution in [3.05, 3.63) is 59.7 Å². The average molecular weight is 465 g/mol. The number of rotatable bonds is 7. The highest BCUT2D eigenvalue weighted by Gasteiger charge is 2.38. The molecule has 0 aliphatic heterocycles. The van der Waals surface area contributed by atoms with Crippen molar-refractivity contribution in [2.45, 2.75) is 57.0 Å². The fourth-order valence-electron chi connectivity index (χ4n) is 5.08. The van der Waals surface area contributed by atoms with Crippen LogP contribution in [0.15, 0.2) is 48.5 Å². The summed E-state index contributed by atoms with van der Waals surface area (Å²) in [6.07, 6.45) is 2.19. The van der Waals surface area contributed by atoms with Crippen molar-refractivity contribution >= 4 is 18.0 Å². The van der Waals surface area contributed by atoms with Gasteiger partial charge in [-0.3, -0.25) is 4.79 Å². The van der Waals surface area contributed by atoms with Crippen LogP contribution in [0, 0.1) is 5.92 Å². The SMILES string of the molecule is CN(C(=O)C[C@@H]1CCC[C@H]1NC(=O)OCC1c2ccccc2-c2ccccc21)C(C)(C)C(=O)O. The molecular weight excluding hydrogens is 432 g/mol. The smallest absolute Gasteiger partial charge is 0.407 e.